The summed E-state index contributed by atoms with van der Waals surface area (Å²) in [6.45, 7) is 1.42. The first kappa shape index (κ1) is 21.0. The molecule has 2 aromatic carbocycles. The van der Waals surface area contributed by atoms with E-state index in [9.17, 15) is 22.8 Å². The monoisotopic (exact) mass is 425 g/mol. The molecule has 3 rings (SSSR count). The van der Waals surface area contributed by atoms with Crippen LogP contribution in [0.3, 0.4) is 0 Å². The average Bonchev–Trinajstić information content (AvgIpc) is 2.70. The van der Waals surface area contributed by atoms with Crippen molar-refractivity contribution in [2.45, 2.75) is 18.4 Å². The number of sulfonamides is 1. The van der Waals surface area contributed by atoms with Crippen molar-refractivity contribution in [2.75, 3.05) is 5.32 Å². The fraction of sp³-hybridized carbons (Fsp3) is 0.0952. The molecule has 2 N–H and O–H groups in total. The zero-order valence-electron chi connectivity index (χ0n) is 16.0. The van der Waals surface area contributed by atoms with Crippen LogP contribution in [0, 0.1) is 0 Å². The lowest BCUT2D eigenvalue weighted by atomic mass is 10.2. The van der Waals surface area contributed by atoms with Gasteiger partial charge in [0, 0.05) is 18.8 Å². The van der Waals surface area contributed by atoms with Crippen LogP contribution in [0.5, 0.6) is 0 Å². The summed E-state index contributed by atoms with van der Waals surface area (Å²) in [5.74, 6) is -1.32. The van der Waals surface area contributed by atoms with Gasteiger partial charge in [-0.2, -0.15) is 0 Å². The second kappa shape index (κ2) is 8.75. The second-order valence-corrected chi connectivity index (χ2v) is 8.16. The van der Waals surface area contributed by atoms with Gasteiger partial charge in [0.05, 0.1) is 11.4 Å². The molecule has 1 aromatic heterocycles. The molecule has 0 fully saturated rings. The number of pyridine rings is 1. The Morgan fingerprint density at radius 3 is 2.23 bits per heavy atom. The molecule has 2 amide bonds. The van der Waals surface area contributed by atoms with Crippen LogP contribution >= 0.6 is 0 Å². The summed E-state index contributed by atoms with van der Waals surface area (Å²) in [6, 6.07) is 17.7. The highest BCUT2D eigenvalue weighted by Crippen LogP contribution is 2.14. The smallest absolute Gasteiger partial charge is 0.264 e. The van der Waals surface area contributed by atoms with E-state index in [4.69, 9.17) is 0 Å². The quantitative estimate of drug-likeness (QED) is 0.627. The zero-order valence-corrected chi connectivity index (χ0v) is 16.8. The van der Waals surface area contributed by atoms with E-state index in [2.05, 4.69) is 5.32 Å². The Kier molecular flexibility index (Phi) is 6.12. The summed E-state index contributed by atoms with van der Waals surface area (Å²) in [4.78, 5) is 36.1. The summed E-state index contributed by atoms with van der Waals surface area (Å²) in [6.07, 6.45) is 1.60. The van der Waals surface area contributed by atoms with Crippen LogP contribution < -0.4 is 15.6 Å². The van der Waals surface area contributed by atoms with Crippen molar-refractivity contribution in [3.8, 4) is 0 Å². The van der Waals surface area contributed by atoms with E-state index < -0.39 is 27.4 Å². The molecule has 30 heavy (non-hydrogen) atoms. The van der Waals surface area contributed by atoms with E-state index >= 15 is 0 Å². The van der Waals surface area contributed by atoms with Crippen molar-refractivity contribution < 1.29 is 18.0 Å². The molecule has 0 atom stereocenters. The molecule has 0 bridgehead atoms. The standard InChI is InChI=1S/C21H19N3O5S/c1-15(25)23-30(28,29)18-11-9-17(10-12-18)22-20(26)19-8-5-13-24(21(19)27)14-16-6-3-2-4-7-16/h2-13H,14H2,1H3,(H,22,26)(H,23,25). The second-order valence-electron chi connectivity index (χ2n) is 6.48. The maximum absolute atomic E-state index is 12.7. The number of carbonyl (C=O) groups is 2. The van der Waals surface area contributed by atoms with Gasteiger partial charge in [-0.15, -0.1) is 0 Å². The number of carbonyl (C=O) groups excluding carboxylic acids is 2. The van der Waals surface area contributed by atoms with Crippen molar-refractivity contribution in [3.05, 3.63) is 94.4 Å². The molecule has 1 heterocycles. The number of rotatable bonds is 6. The van der Waals surface area contributed by atoms with Gasteiger partial charge in [-0.25, -0.2) is 13.1 Å². The van der Waals surface area contributed by atoms with E-state index in [-0.39, 0.29) is 10.5 Å². The van der Waals surface area contributed by atoms with Crippen molar-refractivity contribution >= 4 is 27.5 Å². The minimum Gasteiger partial charge on any atom is -0.322 e. The molecule has 0 unspecified atom stereocenters. The molecule has 0 aliphatic heterocycles. The van der Waals surface area contributed by atoms with Crippen LogP contribution in [0.15, 0.2) is 82.6 Å². The van der Waals surface area contributed by atoms with E-state index in [1.54, 1.807) is 12.3 Å². The van der Waals surface area contributed by atoms with Crippen molar-refractivity contribution in [1.29, 1.82) is 0 Å². The van der Waals surface area contributed by atoms with Crippen LogP contribution in [0.2, 0.25) is 0 Å². The summed E-state index contributed by atoms with van der Waals surface area (Å²) in [5, 5.41) is 2.58. The maximum atomic E-state index is 12.7. The molecule has 3 aromatic rings. The predicted octanol–water partition coefficient (Wildman–Crippen LogP) is 1.97. The number of nitrogens with zero attached hydrogens (tertiary/aromatic N) is 1. The molecule has 0 aliphatic rings. The lowest BCUT2D eigenvalue weighted by molar-refractivity contribution is -0.117. The highest BCUT2D eigenvalue weighted by atomic mass is 32.2. The Labute approximate surface area is 173 Å². The normalized spacial score (nSPS) is 11.0. The summed E-state index contributed by atoms with van der Waals surface area (Å²) in [7, 11) is -3.96. The van der Waals surface area contributed by atoms with Crippen LogP contribution in [0.25, 0.3) is 0 Å². The largest absolute Gasteiger partial charge is 0.322 e. The molecule has 0 radical (unpaired) electrons. The van der Waals surface area contributed by atoms with Crippen molar-refractivity contribution in [2.24, 2.45) is 0 Å². The molecule has 0 saturated carbocycles. The van der Waals surface area contributed by atoms with Gasteiger partial charge in [0.15, 0.2) is 0 Å². The molecule has 154 valence electrons. The van der Waals surface area contributed by atoms with Gasteiger partial charge in [-0.1, -0.05) is 30.3 Å². The van der Waals surface area contributed by atoms with E-state index in [0.717, 1.165) is 12.5 Å². The first-order valence-corrected chi connectivity index (χ1v) is 10.4. The number of anilines is 1. The van der Waals surface area contributed by atoms with Crippen LogP contribution in [0.4, 0.5) is 5.69 Å². The van der Waals surface area contributed by atoms with Gasteiger partial charge < -0.3 is 9.88 Å². The van der Waals surface area contributed by atoms with E-state index in [0.29, 0.717) is 12.2 Å². The molecular formula is C21H19N3O5S. The third kappa shape index (κ3) is 5.00. The van der Waals surface area contributed by atoms with Crippen LogP contribution in [-0.4, -0.2) is 24.8 Å². The first-order chi connectivity index (χ1) is 14.3. The van der Waals surface area contributed by atoms with Gasteiger partial charge in [0.1, 0.15) is 5.56 Å². The Morgan fingerprint density at radius 1 is 0.933 bits per heavy atom. The molecule has 0 aliphatic carbocycles. The van der Waals surface area contributed by atoms with Gasteiger partial charge in [0.2, 0.25) is 5.91 Å². The third-order valence-electron chi connectivity index (χ3n) is 4.16. The van der Waals surface area contributed by atoms with Gasteiger partial charge >= 0.3 is 0 Å². The zero-order chi connectivity index (χ0) is 21.7. The predicted molar refractivity (Wildman–Crippen MR) is 112 cm³/mol. The van der Waals surface area contributed by atoms with E-state index in [1.807, 2.05) is 35.1 Å². The van der Waals surface area contributed by atoms with Gasteiger partial charge in [-0.3, -0.25) is 14.4 Å². The van der Waals surface area contributed by atoms with Crippen LogP contribution in [0.1, 0.15) is 22.8 Å². The SMILES string of the molecule is CC(=O)NS(=O)(=O)c1ccc(NC(=O)c2cccn(Cc3ccccc3)c2=O)cc1. The summed E-state index contributed by atoms with van der Waals surface area (Å²) >= 11 is 0. The van der Waals surface area contributed by atoms with Gasteiger partial charge in [0.25, 0.3) is 21.5 Å². The molecule has 0 saturated heterocycles. The Morgan fingerprint density at radius 2 is 1.60 bits per heavy atom. The minimum absolute atomic E-state index is 0.0385. The fourth-order valence-electron chi connectivity index (χ4n) is 2.78. The maximum Gasteiger partial charge on any atom is 0.264 e. The Bertz CT molecular complexity index is 1230. The van der Waals surface area contributed by atoms with Crippen molar-refractivity contribution in [3.63, 3.8) is 0 Å². The highest BCUT2D eigenvalue weighted by molar-refractivity contribution is 7.90. The van der Waals surface area contributed by atoms with Gasteiger partial charge in [-0.05, 0) is 42.0 Å². The van der Waals surface area contributed by atoms with Crippen molar-refractivity contribution in [1.82, 2.24) is 9.29 Å². The Hall–Kier alpha value is -3.72. The summed E-state index contributed by atoms with van der Waals surface area (Å²) < 4.78 is 27.2. The summed E-state index contributed by atoms with van der Waals surface area (Å²) in [5.41, 5.74) is 0.750. The molecule has 0 spiro atoms. The number of hydrogen-bond acceptors (Lipinski definition) is 5. The number of benzene rings is 2. The average molecular weight is 425 g/mol. The minimum atomic E-state index is -3.96. The molecular weight excluding hydrogens is 406 g/mol. The number of amides is 2. The number of hydrogen-bond donors (Lipinski definition) is 2. The number of aromatic nitrogens is 1. The molecule has 9 heteroatoms. The fourth-order valence-corrected chi connectivity index (χ4v) is 3.77. The van der Waals surface area contributed by atoms with E-state index in [1.165, 1.54) is 34.9 Å². The first-order valence-electron chi connectivity index (χ1n) is 8.94. The highest BCUT2D eigenvalue weighted by Gasteiger charge is 2.16. The third-order valence-corrected chi connectivity index (χ3v) is 5.61. The van der Waals surface area contributed by atoms with Crippen LogP contribution in [-0.2, 0) is 21.4 Å². The topological polar surface area (TPSA) is 114 Å². The lowest BCUT2D eigenvalue weighted by Gasteiger charge is -2.10. The Balaban J connectivity index is 1.77. The number of nitrogens with one attached hydrogen (secondary N) is 2. The molecule has 8 nitrogen and oxygen atoms in total. The lowest BCUT2D eigenvalue weighted by Crippen LogP contribution is -2.29.